The smallest absolute Gasteiger partial charge is 0.251 e. The summed E-state index contributed by atoms with van der Waals surface area (Å²) in [5, 5.41) is 8.33. The zero-order valence-corrected chi connectivity index (χ0v) is 24.0. The molecule has 2 saturated heterocycles. The van der Waals surface area contributed by atoms with Crippen molar-refractivity contribution in [2.75, 3.05) is 51.7 Å². The van der Waals surface area contributed by atoms with Crippen molar-refractivity contribution >= 4 is 35.2 Å². The van der Waals surface area contributed by atoms with Crippen LogP contribution in [0.4, 0.5) is 5.69 Å². The lowest BCUT2D eigenvalue weighted by molar-refractivity contribution is -0.131. The van der Waals surface area contributed by atoms with Gasteiger partial charge in [-0.05, 0) is 74.8 Å². The number of methoxy groups -OCH3 is 1. The summed E-state index contributed by atoms with van der Waals surface area (Å²) < 4.78 is 5.16. The van der Waals surface area contributed by atoms with Gasteiger partial charge in [0, 0.05) is 44.0 Å². The van der Waals surface area contributed by atoms with Crippen LogP contribution in [0.3, 0.4) is 0 Å². The first-order valence-corrected chi connectivity index (χ1v) is 14.8. The van der Waals surface area contributed by atoms with E-state index in [-0.39, 0.29) is 23.0 Å². The molecule has 3 amide bonds. The Labute approximate surface area is 240 Å². The van der Waals surface area contributed by atoms with Gasteiger partial charge >= 0.3 is 0 Å². The average Bonchev–Trinajstić information content (AvgIpc) is 3.62. The van der Waals surface area contributed by atoms with E-state index in [1.54, 1.807) is 24.1 Å². The number of carbonyl (C=O) groups is 3. The molecular weight excluding hydrogens is 528 g/mol. The van der Waals surface area contributed by atoms with Crippen molar-refractivity contribution in [3.8, 4) is 5.75 Å². The topological polar surface area (TPSA) is 129 Å². The Morgan fingerprint density at radius 3 is 2.42 bits per heavy atom. The molecule has 2 aromatic carbocycles. The van der Waals surface area contributed by atoms with Gasteiger partial charge in [-0.25, -0.2) is 0 Å². The van der Waals surface area contributed by atoms with Crippen LogP contribution in [0.5, 0.6) is 5.75 Å². The van der Waals surface area contributed by atoms with Crippen LogP contribution < -0.4 is 26.4 Å². The van der Waals surface area contributed by atoms with Crippen molar-refractivity contribution in [1.29, 1.82) is 0 Å². The minimum atomic E-state index is -0.861. The third-order valence-electron chi connectivity index (χ3n) is 7.30. The number of thioether (sulfide) groups is 1. The minimum absolute atomic E-state index is 0.0441. The molecule has 10 nitrogen and oxygen atoms in total. The maximum atomic E-state index is 13.1. The van der Waals surface area contributed by atoms with E-state index < -0.39 is 11.4 Å². The first-order chi connectivity index (χ1) is 19.4. The molecule has 3 atom stereocenters. The molecule has 0 aromatic heterocycles. The summed E-state index contributed by atoms with van der Waals surface area (Å²) in [6, 6.07) is 13.8. The summed E-state index contributed by atoms with van der Waals surface area (Å²) >= 11 is 1.40. The molecule has 2 aliphatic rings. The molecule has 1 unspecified atom stereocenters. The van der Waals surface area contributed by atoms with Crippen LogP contribution in [0.25, 0.3) is 0 Å². The van der Waals surface area contributed by atoms with E-state index in [0.717, 1.165) is 36.6 Å². The highest BCUT2D eigenvalue weighted by Crippen LogP contribution is 2.33. The Morgan fingerprint density at radius 2 is 1.77 bits per heavy atom. The van der Waals surface area contributed by atoms with E-state index in [1.165, 1.54) is 24.6 Å². The number of anilines is 1. The van der Waals surface area contributed by atoms with Gasteiger partial charge in [0.05, 0.1) is 7.11 Å². The minimum Gasteiger partial charge on any atom is -0.497 e. The van der Waals surface area contributed by atoms with E-state index in [4.69, 9.17) is 10.5 Å². The molecule has 0 spiro atoms. The number of likely N-dealkylation sites (N-methyl/N-ethyl adjacent to an activating group) is 1. The molecule has 2 heterocycles. The highest BCUT2D eigenvalue weighted by atomic mass is 32.2. The lowest BCUT2D eigenvalue weighted by Crippen LogP contribution is -2.52. The molecule has 0 saturated carbocycles. The fourth-order valence-corrected chi connectivity index (χ4v) is 6.39. The van der Waals surface area contributed by atoms with Gasteiger partial charge in [0.2, 0.25) is 11.8 Å². The standard InChI is InChI=1S/C29H40N6O4S/c1-3-35-28(38)24(40-29(35)25(30)27(37)33-18-20-6-12-23(39-2)13-7-20)19-32-22-10-8-21(9-11-22)26(36)31-14-17-34-15-4-5-16-34/h6-13,24-25,29,32H,3-5,14-19,30H2,1-2H3,(H,31,36)(H,33,37)/t24-,25-,29?/m1/s1. The number of nitrogens with zero attached hydrogens (tertiary/aromatic N) is 2. The maximum absolute atomic E-state index is 13.1. The highest BCUT2D eigenvalue weighted by Gasteiger charge is 2.44. The summed E-state index contributed by atoms with van der Waals surface area (Å²) in [4.78, 5) is 42.4. The number of nitrogens with two attached hydrogens (primary N) is 1. The molecule has 2 fully saturated rings. The number of nitrogens with one attached hydrogen (secondary N) is 3. The molecule has 216 valence electrons. The Hall–Kier alpha value is -3.28. The lowest BCUT2D eigenvalue weighted by Gasteiger charge is -2.26. The fraction of sp³-hybridized carbons (Fsp3) is 0.483. The second-order valence-electron chi connectivity index (χ2n) is 9.99. The number of rotatable bonds is 13. The maximum Gasteiger partial charge on any atom is 0.251 e. The molecule has 0 aliphatic carbocycles. The number of hydrogen-bond donors (Lipinski definition) is 4. The Balaban J connectivity index is 1.24. The SMILES string of the molecule is CCN1C(=O)[C@@H](CNc2ccc(C(=O)NCCN3CCCC3)cc2)SC1[C@H](N)C(=O)NCc1ccc(OC)cc1. The van der Waals surface area contributed by atoms with Gasteiger partial charge in [0.15, 0.2) is 0 Å². The second kappa shape index (κ2) is 14.4. The predicted octanol–water partition coefficient (Wildman–Crippen LogP) is 1.87. The quantitative estimate of drug-likeness (QED) is 0.288. The van der Waals surface area contributed by atoms with Gasteiger partial charge < -0.3 is 36.2 Å². The molecule has 4 rings (SSSR count). The second-order valence-corrected chi connectivity index (χ2v) is 11.3. The molecular formula is C29H40N6O4S. The summed E-state index contributed by atoms with van der Waals surface area (Å²) in [6.45, 7) is 6.81. The van der Waals surface area contributed by atoms with Crippen LogP contribution >= 0.6 is 11.8 Å². The van der Waals surface area contributed by atoms with Crippen LogP contribution in [-0.2, 0) is 16.1 Å². The Morgan fingerprint density at radius 1 is 1.07 bits per heavy atom. The molecule has 2 aromatic rings. The largest absolute Gasteiger partial charge is 0.497 e. The number of benzene rings is 2. The van der Waals surface area contributed by atoms with Crippen LogP contribution in [0.15, 0.2) is 48.5 Å². The van der Waals surface area contributed by atoms with E-state index in [0.29, 0.717) is 31.7 Å². The van der Waals surface area contributed by atoms with Crippen LogP contribution in [0.2, 0.25) is 0 Å². The monoisotopic (exact) mass is 568 g/mol. The van der Waals surface area contributed by atoms with Crippen LogP contribution in [-0.4, -0.2) is 90.6 Å². The summed E-state index contributed by atoms with van der Waals surface area (Å²) in [6.07, 6.45) is 2.47. The zero-order valence-electron chi connectivity index (χ0n) is 23.2. The van der Waals surface area contributed by atoms with Gasteiger partial charge in [-0.1, -0.05) is 12.1 Å². The van der Waals surface area contributed by atoms with E-state index in [1.807, 2.05) is 43.3 Å². The van der Waals surface area contributed by atoms with Crippen molar-refractivity contribution < 1.29 is 19.1 Å². The molecule has 40 heavy (non-hydrogen) atoms. The normalized spacial score (nSPS) is 19.9. The Bertz CT molecular complexity index is 1140. The molecule has 2 aliphatic heterocycles. The van der Waals surface area contributed by atoms with Crippen molar-refractivity contribution in [3.63, 3.8) is 0 Å². The van der Waals surface area contributed by atoms with E-state index >= 15 is 0 Å². The van der Waals surface area contributed by atoms with E-state index in [9.17, 15) is 14.4 Å². The molecule has 0 bridgehead atoms. The predicted molar refractivity (Wildman–Crippen MR) is 158 cm³/mol. The van der Waals surface area contributed by atoms with Gasteiger partial charge in [-0.15, -0.1) is 11.8 Å². The van der Waals surface area contributed by atoms with E-state index in [2.05, 4.69) is 20.9 Å². The number of ether oxygens (including phenoxy) is 1. The third-order valence-corrected chi connectivity index (χ3v) is 8.82. The first-order valence-electron chi connectivity index (χ1n) is 13.9. The van der Waals surface area contributed by atoms with Crippen molar-refractivity contribution in [3.05, 3.63) is 59.7 Å². The van der Waals surface area contributed by atoms with Crippen molar-refractivity contribution in [1.82, 2.24) is 20.4 Å². The Kier molecular flexibility index (Phi) is 10.7. The number of amides is 3. The highest BCUT2D eigenvalue weighted by molar-refractivity contribution is 8.01. The number of likely N-dealkylation sites (tertiary alicyclic amines) is 1. The summed E-state index contributed by atoms with van der Waals surface area (Å²) in [5.74, 6) is 0.309. The molecule has 5 N–H and O–H groups in total. The average molecular weight is 569 g/mol. The lowest BCUT2D eigenvalue weighted by atomic mass is 10.2. The summed E-state index contributed by atoms with van der Waals surface area (Å²) in [7, 11) is 1.60. The third kappa shape index (κ3) is 7.67. The molecule has 0 radical (unpaired) electrons. The number of carbonyl (C=O) groups excluding carboxylic acids is 3. The van der Waals surface area contributed by atoms with Crippen LogP contribution in [0.1, 0.15) is 35.7 Å². The van der Waals surface area contributed by atoms with Gasteiger partial charge in [-0.2, -0.15) is 0 Å². The van der Waals surface area contributed by atoms with Crippen molar-refractivity contribution in [2.24, 2.45) is 5.73 Å². The zero-order chi connectivity index (χ0) is 28.5. The molecule has 11 heteroatoms. The number of hydrogen-bond acceptors (Lipinski definition) is 8. The summed E-state index contributed by atoms with van der Waals surface area (Å²) in [5.41, 5.74) is 8.68. The van der Waals surface area contributed by atoms with Gasteiger partial charge in [0.25, 0.3) is 5.91 Å². The fourth-order valence-electron chi connectivity index (χ4n) is 4.93. The van der Waals surface area contributed by atoms with Gasteiger partial charge in [0.1, 0.15) is 22.4 Å². The van der Waals surface area contributed by atoms with Gasteiger partial charge in [-0.3, -0.25) is 14.4 Å². The first kappa shape index (κ1) is 29.7. The van der Waals surface area contributed by atoms with Crippen molar-refractivity contribution in [2.45, 2.75) is 43.0 Å². The van der Waals surface area contributed by atoms with Crippen LogP contribution in [0, 0.1) is 0 Å².